The molecule has 23 heavy (non-hydrogen) atoms. The maximum atomic E-state index is 11.7. The van der Waals surface area contributed by atoms with E-state index in [0.29, 0.717) is 11.5 Å². The van der Waals surface area contributed by atoms with Gasteiger partial charge in [0, 0.05) is 10.0 Å². The summed E-state index contributed by atoms with van der Waals surface area (Å²) >= 11 is 3.38. The lowest BCUT2D eigenvalue weighted by molar-refractivity contribution is -0.123. The highest BCUT2D eigenvalue weighted by atomic mass is 79.9. The molecule has 0 aliphatic rings. The van der Waals surface area contributed by atoms with Gasteiger partial charge < -0.3 is 9.47 Å². The topological polar surface area (TPSA) is 59.9 Å². The van der Waals surface area contributed by atoms with Gasteiger partial charge in [0.2, 0.25) is 0 Å². The molecule has 0 aliphatic heterocycles. The largest absolute Gasteiger partial charge is 0.496 e. The minimum atomic E-state index is -0.335. The molecule has 1 N–H and O–H groups in total. The van der Waals surface area contributed by atoms with Crippen molar-refractivity contribution >= 4 is 28.1 Å². The monoisotopic (exact) mass is 376 g/mol. The molecule has 0 heterocycles. The molecule has 2 rings (SSSR count). The number of amides is 1. The van der Waals surface area contributed by atoms with E-state index in [9.17, 15) is 4.79 Å². The number of ether oxygens (including phenoxy) is 2. The molecule has 0 bridgehead atoms. The lowest BCUT2D eigenvalue weighted by Crippen LogP contribution is -2.24. The Morgan fingerprint density at radius 3 is 2.78 bits per heavy atom. The van der Waals surface area contributed by atoms with Crippen LogP contribution in [-0.2, 0) is 4.79 Å². The number of nitrogens with zero attached hydrogens (tertiary/aromatic N) is 1. The molecule has 0 aliphatic carbocycles. The summed E-state index contributed by atoms with van der Waals surface area (Å²) in [5, 5.41) is 3.91. The number of carbonyl (C=O) groups is 1. The normalized spacial score (nSPS) is 10.6. The molecule has 2 aromatic carbocycles. The van der Waals surface area contributed by atoms with Crippen molar-refractivity contribution in [2.24, 2.45) is 5.10 Å². The number of aryl methyl sites for hydroxylation is 1. The number of carbonyl (C=O) groups excluding carboxylic acids is 1. The third-order valence-electron chi connectivity index (χ3n) is 3.03. The number of nitrogens with one attached hydrogen (secondary N) is 1. The highest BCUT2D eigenvalue weighted by molar-refractivity contribution is 9.10. The Morgan fingerprint density at radius 2 is 2.04 bits per heavy atom. The third kappa shape index (κ3) is 5.10. The third-order valence-corrected chi connectivity index (χ3v) is 3.52. The number of hydrazone groups is 1. The maximum absolute atomic E-state index is 11.7. The van der Waals surface area contributed by atoms with Crippen molar-refractivity contribution < 1.29 is 14.3 Å². The molecule has 0 saturated carbocycles. The van der Waals surface area contributed by atoms with E-state index in [1.165, 1.54) is 6.21 Å². The first-order valence-electron chi connectivity index (χ1n) is 6.94. The quantitative estimate of drug-likeness (QED) is 0.621. The van der Waals surface area contributed by atoms with Crippen LogP contribution >= 0.6 is 15.9 Å². The Hall–Kier alpha value is -2.34. The highest BCUT2D eigenvalue weighted by Crippen LogP contribution is 2.21. The lowest BCUT2D eigenvalue weighted by atomic mass is 10.2. The van der Waals surface area contributed by atoms with Gasteiger partial charge in [0.05, 0.1) is 13.3 Å². The molecule has 1 amide bonds. The van der Waals surface area contributed by atoms with Crippen LogP contribution in [0.5, 0.6) is 11.5 Å². The van der Waals surface area contributed by atoms with Crippen LogP contribution in [0.3, 0.4) is 0 Å². The number of rotatable bonds is 6. The molecular weight excluding hydrogens is 360 g/mol. The molecule has 120 valence electrons. The van der Waals surface area contributed by atoms with Crippen molar-refractivity contribution in [3.05, 3.63) is 58.1 Å². The summed E-state index contributed by atoms with van der Waals surface area (Å²) in [5.74, 6) is 1.02. The fourth-order valence-corrected chi connectivity index (χ4v) is 2.37. The Labute approximate surface area is 143 Å². The second-order valence-electron chi connectivity index (χ2n) is 4.73. The number of hydrogen-bond donors (Lipinski definition) is 1. The lowest BCUT2D eigenvalue weighted by Gasteiger charge is -2.08. The van der Waals surface area contributed by atoms with Crippen LogP contribution in [0.2, 0.25) is 0 Å². The van der Waals surface area contributed by atoms with Crippen LogP contribution in [0.15, 0.2) is 52.0 Å². The molecule has 0 fully saturated rings. The van der Waals surface area contributed by atoms with E-state index < -0.39 is 0 Å². The molecule has 0 aromatic heterocycles. The van der Waals surface area contributed by atoms with Crippen molar-refractivity contribution in [2.45, 2.75) is 6.92 Å². The van der Waals surface area contributed by atoms with Gasteiger partial charge in [0.15, 0.2) is 6.61 Å². The van der Waals surface area contributed by atoms with Gasteiger partial charge in [-0.1, -0.05) is 28.1 Å². The molecule has 0 radical (unpaired) electrons. The SMILES string of the molecule is COc1ccccc1C=NNC(=O)COc1ccc(Br)cc1C. The maximum Gasteiger partial charge on any atom is 0.277 e. The van der Waals surface area contributed by atoms with Crippen molar-refractivity contribution in [3.8, 4) is 11.5 Å². The van der Waals surface area contributed by atoms with Crippen molar-refractivity contribution in [2.75, 3.05) is 13.7 Å². The predicted octanol–water partition coefficient (Wildman–Crippen LogP) is 3.30. The Kier molecular flexibility index (Phi) is 6.17. The van der Waals surface area contributed by atoms with Gasteiger partial charge in [-0.15, -0.1) is 0 Å². The predicted molar refractivity (Wildman–Crippen MR) is 93.1 cm³/mol. The number of hydrogen-bond acceptors (Lipinski definition) is 4. The Balaban J connectivity index is 1.86. The van der Waals surface area contributed by atoms with Gasteiger partial charge in [0.25, 0.3) is 5.91 Å². The van der Waals surface area contributed by atoms with E-state index in [0.717, 1.165) is 15.6 Å². The fraction of sp³-hybridized carbons (Fsp3) is 0.176. The summed E-state index contributed by atoms with van der Waals surface area (Å²) in [6.07, 6.45) is 1.53. The molecule has 0 spiro atoms. The van der Waals surface area contributed by atoms with Gasteiger partial charge in [-0.05, 0) is 42.8 Å². The first-order chi connectivity index (χ1) is 11.1. The van der Waals surface area contributed by atoms with Crippen LogP contribution in [0.25, 0.3) is 0 Å². The van der Waals surface area contributed by atoms with Crippen LogP contribution in [-0.4, -0.2) is 25.8 Å². The van der Waals surface area contributed by atoms with Gasteiger partial charge in [-0.3, -0.25) is 4.79 Å². The van der Waals surface area contributed by atoms with Crippen LogP contribution < -0.4 is 14.9 Å². The Morgan fingerprint density at radius 1 is 1.26 bits per heavy atom. The van der Waals surface area contributed by atoms with Gasteiger partial charge in [-0.25, -0.2) is 5.43 Å². The van der Waals surface area contributed by atoms with Crippen LogP contribution in [0, 0.1) is 6.92 Å². The van der Waals surface area contributed by atoms with E-state index in [4.69, 9.17) is 9.47 Å². The molecular formula is C17H17BrN2O3. The minimum Gasteiger partial charge on any atom is -0.496 e. The van der Waals surface area contributed by atoms with E-state index in [-0.39, 0.29) is 12.5 Å². The molecule has 0 unspecified atom stereocenters. The summed E-state index contributed by atoms with van der Waals surface area (Å²) in [5.41, 5.74) is 4.15. The highest BCUT2D eigenvalue weighted by Gasteiger charge is 2.04. The van der Waals surface area contributed by atoms with Gasteiger partial charge in [-0.2, -0.15) is 5.10 Å². The molecule has 5 nitrogen and oxygen atoms in total. The summed E-state index contributed by atoms with van der Waals surface area (Å²) in [7, 11) is 1.58. The number of methoxy groups -OCH3 is 1. The summed E-state index contributed by atoms with van der Waals surface area (Å²) in [6.45, 7) is 1.81. The molecule has 6 heteroatoms. The van der Waals surface area contributed by atoms with E-state index >= 15 is 0 Å². The van der Waals surface area contributed by atoms with Gasteiger partial charge in [0.1, 0.15) is 11.5 Å². The van der Waals surface area contributed by atoms with Crippen molar-refractivity contribution in [1.82, 2.24) is 5.43 Å². The van der Waals surface area contributed by atoms with Gasteiger partial charge >= 0.3 is 0 Å². The summed E-state index contributed by atoms with van der Waals surface area (Å²) in [6, 6.07) is 13.0. The minimum absolute atomic E-state index is 0.105. The molecule has 2 aromatic rings. The molecule has 0 atom stereocenters. The molecule has 0 saturated heterocycles. The number of para-hydroxylation sites is 1. The average Bonchev–Trinajstić information content (AvgIpc) is 2.54. The second-order valence-corrected chi connectivity index (χ2v) is 5.65. The zero-order valence-corrected chi connectivity index (χ0v) is 14.5. The van der Waals surface area contributed by atoms with Crippen molar-refractivity contribution in [1.29, 1.82) is 0 Å². The first kappa shape index (κ1) is 17.0. The first-order valence-corrected chi connectivity index (χ1v) is 7.73. The zero-order valence-electron chi connectivity index (χ0n) is 12.9. The average molecular weight is 377 g/mol. The van der Waals surface area contributed by atoms with Crippen molar-refractivity contribution in [3.63, 3.8) is 0 Å². The smallest absolute Gasteiger partial charge is 0.277 e. The van der Waals surface area contributed by atoms with E-state index in [2.05, 4.69) is 26.5 Å². The number of halogens is 1. The standard InChI is InChI=1S/C17H17BrN2O3/c1-12-9-14(18)7-8-15(12)23-11-17(21)20-19-10-13-5-3-4-6-16(13)22-2/h3-10H,11H2,1-2H3,(H,20,21). The van der Waals surface area contributed by atoms with E-state index in [1.807, 2.05) is 49.4 Å². The second kappa shape index (κ2) is 8.33. The number of benzene rings is 2. The van der Waals surface area contributed by atoms with E-state index in [1.54, 1.807) is 7.11 Å². The zero-order chi connectivity index (χ0) is 16.7. The van der Waals surface area contributed by atoms with Crippen LogP contribution in [0.4, 0.5) is 0 Å². The summed E-state index contributed by atoms with van der Waals surface area (Å²) in [4.78, 5) is 11.7. The van der Waals surface area contributed by atoms with Crippen LogP contribution in [0.1, 0.15) is 11.1 Å². The fourth-order valence-electron chi connectivity index (χ4n) is 1.90. The summed E-state index contributed by atoms with van der Waals surface area (Å²) < 4.78 is 11.6. The Bertz CT molecular complexity index is 717.